The molecule has 0 saturated heterocycles. The smallest absolute Gasteiger partial charge is 0.183 e. The Balaban J connectivity index is 1.94. The molecule has 0 bridgehead atoms. The van der Waals surface area contributed by atoms with Crippen LogP contribution in [0.25, 0.3) is 0 Å². The van der Waals surface area contributed by atoms with Gasteiger partial charge in [0.2, 0.25) is 0 Å². The molecule has 0 radical (unpaired) electrons. The van der Waals surface area contributed by atoms with Crippen molar-refractivity contribution in [1.29, 1.82) is 0 Å². The molecule has 0 unspecified atom stereocenters. The van der Waals surface area contributed by atoms with Crippen LogP contribution in [0.15, 0.2) is 30.5 Å². The van der Waals surface area contributed by atoms with Crippen molar-refractivity contribution in [3.8, 4) is 5.75 Å². The average Bonchev–Trinajstić information content (AvgIpc) is 2.73. The van der Waals surface area contributed by atoms with Crippen molar-refractivity contribution in [2.24, 2.45) is 0 Å². The minimum atomic E-state index is 0.789. The maximum Gasteiger partial charge on any atom is 0.183 e. The Morgan fingerprint density at radius 1 is 1.31 bits per heavy atom. The lowest BCUT2D eigenvalue weighted by molar-refractivity contribution is 0.414. The Hall–Kier alpha value is -1.55. The molecule has 0 atom stereocenters. The molecule has 16 heavy (non-hydrogen) atoms. The molecule has 1 aromatic carbocycles. The van der Waals surface area contributed by atoms with Crippen molar-refractivity contribution < 1.29 is 4.74 Å². The topological polar surface area (TPSA) is 34.1 Å². The van der Waals surface area contributed by atoms with E-state index in [9.17, 15) is 0 Å². The Bertz CT molecular complexity index is 450. The van der Waals surface area contributed by atoms with Gasteiger partial charge in [-0.2, -0.15) is 0 Å². The van der Waals surface area contributed by atoms with Crippen molar-refractivity contribution in [1.82, 2.24) is 4.98 Å². The number of thiazole rings is 1. The van der Waals surface area contributed by atoms with Gasteiger partial charge in [0, 0.05) is 17.6 Å². The number of anilines is 1. The minimum Gasteiger partial charge on any atom is -0.497 e. The first kappa shape index (κ1) is 11.0. The monoisotopic (exact) mass is 234 g/mol. The zero-order valence-electron chi connectivity index (χ0n) is 9.36. The quantitative estimate of drug-likeness (QED) is 0.882. The molecule has 0 aliphatic heterocycles. The summed E-state index contributed by atoms with van der Waals surface area (Å²) in [5, 5.41) is 4.25. The zero-order chi connectivity index (χ0) is 11.4. The molecule has 0 fully saturated rings. The van der Waals surface area contributed by atoms with Gasteiger partial charge in [-0.25, -0.2) is 4.98 Å². The fourth-order valence-corrected chi connectivity index (χ4v) is 2.02. The Morgan fingerprint density at radius 3 is 2.62 bits per heavy atom. The molecule has 2 aromatic rings. The van der Waals surface area contributed by atoms with Gasteiger partial charge < -0.3 is 10.1 Å². The fraction of sp³-hybridized carbons (Fsp3) is 0.250. The summed E-state index contributed by atoms with van der Waals surface area (Å²) in [5.41, 5.74) is 1.22. The Labute approximate surface area is 99.1 Å². The second kappa shape index (κ2) is 4.99. The minimum absolute atomic E-state index is 0.789. The van der Waals surface area contributed by atoms with Crippen molar-refractivity contribution in [3.63, 3.8) is 0 Å². The molecule has 0 saturated carbocycles. The van der Waals surface area contributed by atoms with E-state index < -0.39 is 0 Å². The third-order valence-corrected chi connectivity index (χ3v) is 3.09. The summed E-state index contributed by atoms with van der Waals surface area (Å²) in [4.78, 5) is 5.47. The van der Waals surface area contributed by atoms with Gasteiger partial charge in [-0.05, 0) is 24.6 Å². The summed E-state index contributed by atoms with van der Waals surface area (Å²) in [6.45, 7) is 2.84. The van der Waals surface area contributed by atoms with Gasteiger partial charge in [-0.3, -0.25) is 0 Å². The number of hydrogen-bond donors (Lipinski definition) is 1. The van der Waals surface area contributed by atoms with Crippen LogP contribution in [0.3, 0.4) is 0 Å². The van der Waals surface area contributed by atoms with Gasteiger partial charge in [0.25, 0.3) is 0 Å². The van der Waals surface area contributed by atoms with Crippen molar-refractivity contribution in [2.45, 2.75) is 13.5 Å². The number of rotatable bonds is 4. The van der Waals surface area contributed by atoms with E-state index in [4.69, 9.17) is 4.74 Å². The molecule has 2 rings (SSSR count). The lowest BCUT2D eigenvalue weighted by Gasteiger charge is -2.04. The number of nitrogens with zero attached hydrogens (tertiary/aromatic N) is 1. The molecule has 3 nitrogen and oxygen atoms in total. The van der Waals surface area contributed by atoms with Crippen molar-refractivity contribution in [2.75, 3.05) is 12.4 Å². The van der Waals surface area contributed by atoms with Crippen LogP contribution < -0.4 is 10.1 Å². The molecule has 1 N–H and O–H groups in total. The van der Waals surface area contributed by atoms with E-state index in [1.807, 2.05) is 30.5 Å². The van der Waals surface area contributed by atoms with Crippen molar-refractivity contribution >= 4 is 16.5 Å². The van der Waals surface area contributed by atoms with Crippen LogP contribution in [-0.2, 0) is 6.54 Å². The summed E-state index contributed by atoms with van der Waals surface area (Å²) >= 11 is 1.67. The Morgan fingerprint density at radius 2 is 2.06 bits per heavy atom. The molecule has 1 heterocycles. The second-order valence-electron chi connectivity index (χ2n) is 3.48. The zero-order valence-corrected chi connectivity index (χ0v) is 10.2. The highest BCUT2D eigenvalue weighted by atomic mass is 32.1. The van der Waals surface area contributed by atoms with Gasteiger partial charge in [0.05, 0.1) is 7.11 Å². The second-order valence-corrected chi connectivity index (χ2v) is 4.71. The van der Waals surface area contributed by atoms with E-state index in [2.05, 4.69) is 17.2 Å². The Kier molecular flexibility index (Phi) is 3.41. The first-order chi connectivity index (χ1) is 7.78. The number of benzene rings is 1. The highest BCUT2D eigenvalue weighted by Crippen LogP contribution is 2.18. The molecule has 0 aliphatic carbocycles. The lowest BCUT2D eigenvalue weighted by Crippen LogP contribution is -1.98. The van der Waals surface area contributed by atoms with Crippen LogP contribution in [0, 0.1) is 6.92 Å². The maximum atomic E-state index is 5.10. The molecule has 0 spiro atoms. The summed E-state index contributed by atoms with van der Waals surface area (Å²) < 4.78 is 5.10. The molecule has 1 aromatic heterocycles. The summed E-state index contributed by atoms with van der Waals surface area (Å²) in [5.74, 6) is 0.883. The van der Waals surface area contributed by atoms with Crippen LogP contribution >= 0.6 is 11.3 Å². The standard InChI is InChI=1S/C12H14N2OS/c1-9-7-13-12(16-9)14-8-10-3-5-11(15-2)6-4-10/h3-7H,8H2,1-2H3,(H,13,14). The largest absolute Gasteiger partial charge is 0.497 e. The van der Waals surface area contributed by atoms with E-state index in [1.165, 1.54) is 10.4 Å². The molecular formula is C12H14N2OS. The normalized spacial score (nSPS) is 10.1. The molecule has 0 amide bonds. The van der Waals surface area contributed by atoms with Crippen LogP contribution in [-0.4, -0.2) is 12.1 Å². The number of hydrogen-bond acceptors (Lipinski definition) is 4. The third-order valence-electron chi connectivity index (χ3n) is 2.22. The van der Waals surface area contributed by atoms with E-state index >= 15 is 0 Å². The number of ether oxygens (including phenoxy) is 1. The first-order valence-electron chi connectivity index (χ1n) is 5.07. The van der Waals surface area contributed by atoms with E-state index in [-0.39, 0.29) is 0 Å². The van der Waals surface area contributed by atoms with Gasteiger partial charge in [-0.15, -0.1) is 11.3 Å². The van der Waals surface area contributed by atoms with Gasteiger partial charge in [-0.1, -0.05) is 12.1 Å². The van der Waals surface area contributed by atoms with Gasteiger partial charge in [0.15, 0.2) is 5.13 Å². The van der Waals surface area contributed by atoms with Crippen LogP contribution in [0.2, 0.25) is 0 Å². The molecule has 84 valence electrons. The van der Waals surface area contributed by atoms with Gasteiger partial charge in [0.1, 0.15) is 5.75 Å². The summed E-state index contributed by atoms with van der Waals surface area (Å²) in [6.07, 6.45) is 1.88. The molecule has 4 heteroatoms. The van der Waals surface area contributed by atoms with Crippen LogP contribution in [0.1, 0.15) is 10.4 Å². The average molecular weight is 234 g/mol. The number of methoxy groups -OCH3 is 1. The van der Waals surface area contributed by atoms with Crippen molar-refractivity contribution in [3.05, 3.63) is 40.9 Å². The predicted molar refractivity (Wildman–Crippen MR) is 67.2 cm³/mol. The van der Waals surface area contributed by atoms with Crippen LogP contribution in [0.4, 0.5) is 5.13 Å². The summed E-state index contributed by atoms with van der Waals surface area (Å²) in [7, 11) is 1.67. The maximum absolute atomic E-state index is 5.10. The number of nitrogens with one attached hydrogen (secondary N) is 1. The first-order valence-corrected chi connectivity index (χ1v) is 5.89. The predicted octanol–water partition coefficient (Wildman–Crippen LogP) is 3.07. The van der Waals surface area contributed by atoms with Crippen LogP contribution in [0.5, 0.6) is 5.75 Å². The third kappa shape index (κ3) is 2.73. The highest BCUT2D eigenvalue weighted by Gasteiger charge is 1.98. The fourth-order valence-electron chi connectivity index (χ4n) is 1.36. The summed E-state index contributed by atoms with van der Waals surface area (Å²) in [6, 6.07) is 8.02. The molecule has 0 aliphatic rings. The number of aromatic nitrogens is 1. The molecular weight excluding hydrogens is 220 g/mol. The number of aryl methyl sites for hydroxylation is 1. The lowest BCUT2D eigenvalue weighted by atomic mass is 10.2. The highest BCUT2D eigenvalue weighted by molar-refractivity contribution is 7.15. The van der Waals surface area contributed by atoms with Gasteiger partial charge >= 0.3 is 0 Å². The SMILES string of the molecule is COc1ccc(CNc2ncc(C)s2)cc1. The van der Waals surface area contributed by atoms with E-state index in [0.717, 1.165) is 17.4 Å². The van der Waals surface area contributed by atoms with E-state index in [1.54, 1.807) is 18.4 Å². The van der Waals surface area contributed by atoms with E-state index in [0.29, 0.717) is 0 Å².